The molecule has 0 atom stereocenters. The van der Waals surface area contributed by atoms with E-state index >= 15 is 0 Å². The molecule has 0 spiro atoms. The van der Waals surface area contributed by atoms with Gasteiger partial charge in [0, 0.05) is 6.20 Å². The molecule has 2 aromatic carbocycles. The molecule has 0 unspecified atom stereocenters. The summed E-state index contributed by atoms with van der Waals surface area (Å²) in [7, 11) is 0. The number of rotatable bonds is 4. The molecule has 0 bridgehead atoms. The highest BCUT2D eigenvalue weighted by Gasteiger charge is 2.06. The summed E-state index contributed by atoms with van der Waals surface area (Å²) < 4.78 is 0. The van der Waals surface area contributed by atoms with Crippen molar-refractivity contribution in [3.05, 3.63) is 78.1 Å². The van der Waals surface area contributed by atoms with E-state index in [4.69, 9.17) is 0 Å². The summed E-state index contributed by atoms with van der Waals surface area (Å²) in [5.74, 6) is -0.142. The second-order valence-electron chi connectivity index (χ2n) is 5.26. The van der Waals surface area contributed by atoms with Gasteiger partial charge in [0.15, 0.2) is 0 Å². The van der Waals surface area contributed by atoms with Crippen LogP contribution in [0.15, 0.2) is 72.0 Å². The molecule has 114 valence electrons. The molecule has 3 rings (SSSR count). The third kappa shape index (κ3) is 3.61. The fraction of sp³-hybridized carbons (Fsp3) is 0.105. The summed E-state index contributed by atoms with van der Waals surface area (Å²) in [4.78, 5) is 16.4. The second-order valence-corrected chi connectivity index (χ2v) is 5.26. The molecule has 1 amide bonds. The van der Waals surface area contributed by atoms with E-state index in [0.717, 1.165) is 22.0 Å². The van der Waals surface area contributed by atoms with Gasteiger partial charge in [-0.25, -0.2) is 5.43 Å². The number of hydrogen-bond donors (Lipinski definition) is 1. The lowest BCUT2D eigenvalue weighted by Gasteiger charge is -2.06. The monoisotopic (exact) mass is 303 g/mol. The SMILES string of the molecule is C/C(=N/NC(=O)Cc1cccc2ccccc12)c1ccccn1. The van der Waals surface area contributed by atoms with E-state index in [0.29, 0.717) is 12.1 Å². The molecule has 1 aromatic heterocycles. The highest BCUT2D eigenvalue weighted by molar-refractivity contribution is 5.97. The van der Waals surface area contributed by atoms with E-state index in [1.54, 1.807) is 6.20 Å². The molecule has 23 heavy (non-hydrogen) atoms. The van der Waals surface area contributed by atoms with Gasteiger partial charge in [0.25, 0.3) is 0 Å². The summed E-state index contributed by atoms with van der Waals surface area (Å²) >= 11 is 0. The van der Waals surface area contributed by atoms with Crippen LogP contribution in [0.3, 0.4) is 0 Å². The van der Waals surface area contributed by atoms with Crippen LogP contribution in [0, 0.1) is 0 Å². The molecule has 0 aliphatic heterocycles. The number of amides is 1. The lowest BCUT2D eigenvalue weighted by atomic mass is 10.0. The summed E-state index contributed by atoms with van der Waals surface area (Å²) in [5, 5.41) is 6.35. The second kappa shape index (κ2) is 6.83. The van der Waals surface area contributed by atoms with Crippen LogP contribution >= 0.6 is 0 Å². The number of hydrazone groups is 1. The van der Waals surface area contributed by atoms with Crippen molar-refractivity contribution in [2.45, 2.75) is 13.3 Å². The number of aromatic nitrogens is 1. The fourth-order valence-corrected chi connectivity index (χ4v) is 2.44. The largest absolute Gasteiger partial charge is 0.273 e. The predicted molar refractivity (Wildman–Crippen MR) is 92.2 cm³/mol. The standard InChI is InChI=1S/C19H17N3O/c1-14(18-11-4-5-12-20-18)21-22-19(23)13-16-9-6-8-15-7-2-3-10-17(15)16/h2-12H,13H2,1H3,(H,22,23)/b21-14-. The van der Waals surface area contributed by atoms with Crippen LogP contribution in [-0.4, -0.2) is 16.6 Å². The van der Waals surface area contributed by atoms with Gasteiger partial charge in [0.05, 0.1) is 17.8 Å². The average molecular weight is 303 g/mol. The minimum atomic E-state index is -0.142. The van der Waals surface area contributed by atoms with Gasteiger partial charge < -0.3 is 0 Å². The fourth-order valence-electron chi connectivity index (χ4n) is 2.44. The van der Waals surface area contributed by atoms with Crippen LogP contribution in [0.5, 0.6) is 0 Å². The summed E-state index contributed by atoms with van der Waals surface area (Å²) in [6, 6.07) is 19.6. The summed E-state index contributed by atoms with van der Waals surface area (Å²) in [5.41, 5.74) is 5.02. The van der Waals surface area contributed by atoms with E-state index in [9.17, 15) is 4.79 Å². The zero-order valence-electron chi connectivity index (χ0n) is 12.9. The van der Waals surface area contributed by atoms with Crippen LogP contribution in [0.25, 0.3) is 10.8 Å². The Bertz CT molecular complexity index is 851. The molecule has 1 N–H and O–H groups in total. The molecule has 1 heterocycles. The predicted octanol–water partition coefficient (Wildman–Crippen LogP) is 3.32. The third-order valence-electron chi connectivity index (χ3n) is 3.61. The summed E-state index contributed by atoms with van der Waals surface area (Å²) in [6.45, 7) is 1.82. The smallest absolute Gasteiger partial charge is 0.244 e. The number of nitrogens with zero attached hydrogens (tertiary/aromatic N) is 2. The van der Waals surface area contributed by atoms with Gasteiger partial charge in [-0.15, -0.1) is 0 Å². The molecule has 0 radical (unpaired) electrons. The maximum Gasteiger partial charge on any atom is 0.244 e. The molecule has 4 heteroatoms. The first kappa shape index (κ1) is 14.9. The van der Waals surface area contributed by atoms with Gasteiger partial charge in [-0.2, -0.15) is 5.10 Å². The minimum absolute atomic E-state index is 0.142. The van der Waals surface area contributed by atoms with E-state index < -0.39 is 0 Å². The van der Waals surface area contributed by atoms with Crippen molar-refractivity contribution in [1.29, 1.82) is 0 Å². The van der Waals surface area contributed by atoms with Crippen molar-refractivity contribution in [3.8, 4) is 0 Å². The number of pyridine rings is 1. The van der Waals surface area contributed by atoms with Gasteiger partial charge in [0.2, 0.25) is 5.91 Å². The molecule has 0 aliphatic carbocycles. The number of fused-ring (bicyclic) bond motifs is 1. The van der Waals surface area contributed by atoms with E-state index in [2.05, 4.69) is 15.5 Å². The minimum Gasteiger partial charge on any atom is -0.273 e. The molecule has 0 fully saturated rings. The Morgan fingerprint density at radius 3 is 2.65 bits per heavy atom. The van der Waals surface area contributed by atoms with Crippen molar-refractivity contribution in [1.82, 2.24) is 10.4 Å². The van der Waals surface area contributed by atoms with Gasteiger partial charge >= 0.3 is 0 Å². The zero-order valence-corrected chi connectivity index (χ0v) is 12.9. The van der Waals surface area contributed by atoms with Gasteiger partial charge in [0.1, 0.15) is 0 Å². The van der Waals surface area contributed by atoms with Crippen LogP contribution < -0.4 is 5.43 Å². The average Bonchev–Trinajstić information content (AvgIpc) is 2.61. The highest BCUT2D eigenvalue weighted by Crippen LogP contribution is 2.18. The van der Waals surface area contributed by atoms with Crippen LogP contribution in [0.1, 0.15) is 18.2 Å². The lowest BCUT2D eigenvalue weighted by molar-refractivity contribution is -0.120. The van der Waals surface area contributed by atoms with Crippen LogP contribution in [-0.2, 0) is 11.2 Å². The number of nitrogens with one attached hydrogen (secondary N) is 1. The van der Waals surface area contributed by atoms with Crippen LogP contribution in [0.4, 0.5) is 0 Å². The van der Waals surface area contributed by atoms with Crippen molar-refractivity contribution in [2.75, 3.05) is 0 Å². The Hall–Kier alpha value is -3.01. The number of benzene rings is 2. The maximum absolute atomic E-state index is 12.2. The van der Waals surface area contributed by atoms with Gasteiger partial charge in [-0.05, 0) is 35.4 Å². The Morgan fingerprint density at radius 2 is 1.83 bits per heavy atom. The Kier molecular flexibility index (Phi) is 4.43. The zero-order chi connectivity index (χ0) is 16.1. The first-order valence-electron chi connectivity index (χ1n) is 7.45. The van der Waals surface area contributed by atoms with Crippen LogP contribution in [0.2, 0.25) is 0 Å². The highest BCUT2D eigenvalue weighted by atomic mass is 16.2. The Labute approximate surface area is 134 Å². The van der Waals surface area contributed by atoms with E-state index in [1.165, 1.54) is 0 Å². The maximum atomic E-state index is 12.2. The first-order valence-corrected chi connectivity index (χ1v) is 7.45. The Balaban J connectivity index is 1.72. The van der Waals surface area contributed by atoms with Crippen molar-refractivity contribution in [2.24, 2.45) is 5.10 Å². The molecule has 0 aliphatic rings. The number of carbonyl (C=O) groups excluding carboxylic acids is 1. The molecule has 0 saturated heterocycles. The van der Waals surface area contributed by atoms with Crippen molar-refractivity contribution >= 4 is 22.4 Å². The Morgan fingerprint density at radius 1 is 1.04 bits per heavy atom. The topological polar surface area (TPSA) is 54.4 Å². The van der Waals surface area contributed by atoms with E-state index in [1.807, 2.05) is 67.6 Å². The number of carbonyl (C=O) groups is 1. The quantitative estimate of drug-likeness (QED) is 0.594. The lowest BCUT2D eigenvalue weighted by Crippen LogP contribution is -2.21. The molecular weight excluding hydrogens is 286 g/mol. The molecule has 0 saturated carbocycles. The van der Waals surface area contributed by atoms with Gasteiger partial charge in [-0.1, -0.05) is 48.5 Å². The first-order chi connectivity index (χ1) is 11.2. The molecule has 3 aromatic rings. The van der Waals surface area contributed by atoms with E-state index in [-0.39, 0.29) is 5.91 Å². The normalized spacial score (nSPS) is 11.4. The number of hydrogen-bond acceptors (Lipinski definition) is 3. The van der Waals surface area contributed by atoms with Crippen molar-refractivity contribution < 1.29 is 4.79 Å². The molecule has 4 nitrogen and oxygen atoms in total. The third-order valence-corrected chi connectivity index (χ3v) is 3.61. The molecular formula is C19H17N3O. The van der Waals surface area contributed by atoms with Gasteiger partial charge in [-0.3, -0.25) is 9.78 Å². The van der Waals surface area contributed by atoms with Crippen molar-refractivity contribution in [3.63, 3.8) is 0 Å². The summed E-state index contributed by atoms with van der Waals surface area (Å²) in [6.07, 6.45) is 1.99.